The second kappa shape index (κ2) is 5.94. The van der Waals surface area contributed by atoms with Crippen LogP contribution < -0.4 is 5.73 Å². The number of piperidine rings is 1. The molecule has 1 amide bonds. The molecule has 3 fully saturated rings. The molecule has 0 spiro atoms. The first-order valence-corrected chi connectivity index (χ1v) is 9.24. The van der Waals surface area contributed by atoms with Gasteiger partial charge in [-0.25, -0.2) is 0 Å². The minimum absolute atomic E-state index is 0.106. The van der Waals surface area contributed by atoms with Crippen LogP contribution in [0.3, 0.4) is 0 Å². The quantitative estimate of drug-likeness (QED) is 0.912. The fourth-order valence-corrected chi connectivity index (χ4v) is 5.45. The van der Waals surface area contributed by atoms with Crippen LogP contribution in [0.1, 0.15) is 44.1 Å². The number of amides is 1. The van der Waals surface area contributed by atoms with E-state index < -0.39 is 0 Å². The summed E-state index contributed by atoms with van der Waals surface area (Å²) in [6.45, 7) is 4.07. The van der Waals surface area contributed by atoms with Crippen LogP contribution >= 0.6 is 0 Å². The van der Waals surface area contributed by atoms with Crippen molar-refractivity contribution in [3.63, 3.8) is 0 Å². The molecule has 2 saturated carbocycles. The second-order valence-electron chi connectivity index (χ2n) is 8.00. The maximum Gasteiger partial charge on any atom is 0.227 e. The Morgan fingerprint density at radius 2 is 1.87 bits per heavy atom. The molecule has 3 heteroatoms. The third-order valence-corrected chi connectivity index (χ3v) is 6.71. The van der Waals surface area contributed by atoms with Crippen LogP contribution in [0.25, 0.3) is 0 Å². The first-order chi connectivity index (χ1) is 11.1. The zero-order valence-electron chi connectivity index (χ0n) is 14.0. The monoisotopic (exact) mass is 312 g/mol. The lowest BCUT2D eigenvalue weighted by Gasteiger charge is -2.40. The van der Waals surface area contributed by atoms with Gasteiger partial charge in [0.05, 0.1) is 5.92 Å². The Morgan fingerprint density at radius 3 is 2.52 bits per heavy atom. The van der Waals surface area contributed by atoms with Crippen molar-refractivity contribution in [2.24, 2.45) is 29.4 Å². The predicted octanol–water partition coefficient (Wildman–Crippen LogP) is 3.01. The largest absolute Gasteiger partial charge is 0.342 e. The van der Waals surface area contributed by atoms with Gasteiger partial charge in [0.15, 0.2) is 0 Å². The number of hydrogen-bond donors (Lipinski definition) is 1. The average molecular weight is 312 g/mol. The Hall–Kier alpha value is -1.35. The Balaban J connectivity index is 1.43. The lowest BCUT2D eigenvalue weighted by molar-refractivity contribution is -0.139. The fourth-order valence-electron chi connectivity index (χ4n) is 5.45. The maximum absolute atomic E-state index is 13.0. The van der Waals surface area contributed by atoms with Crippen LogP contribution in [0.4, 0.5) is 0 Å². The zero-order valence-corrected chi connectivity index (χ0v) is 14.0. The maximum atomic E-state index is 13.0. The van der Waals surface area contributed by atoms with E-state index in [1.807, 2.05) is 0 Å². The molecular weight excluding hydrogens is 284 g/mol. The number of nitrogens with zero attached hydrogens (tertiary/aromatic N) is 1. The molecule has 23 heavy (non-hydrogen) atoms. The Bertz CT molecular complexity index is 570. The number of benzene rings is 1. The number of fused-ring (bicyclic) bond motifs is 2. The van der Waals surface area contributed by atoms with Gasteiger partial charge in [-0.1, -0.05) is 37.3 Å². The standard InChI is InChI=1S/C20H28N2O/c1-13-12-22(10-9-17(13)14-5-3-2-4-6-14)20(23)18-15-7-8-16(11-15)19(18)21/h2-6,13,15-19H,7-12,21H2,1H3. The van der Waals surface area contributed by atoms with Gasteiger partial charge in [0.2, 0.25) is 5.91 Å². The second-order valence-corrected chi connectivity index (χ2v) is 8.00. The Kier molecular flexibility index (Phi) is 3.92. The minimum Gasteiger partial charge on any atom is -0.342 e. The van der Waals surface area contributed by atoms with Crippen LogP contribution in [0, 0.1) is 23.7 Å². The first kappa shape index (κ1) is 15.2. The fraction of sp³-hybridized carbons (Fsp3) is 0.650. The van der Waals surface area contributed by atoms with Crippen molar-refractivity contribution in [2.75, 3.05) is 13.1 Å². The highest BCUT2D eigenvalue weighted by molar-refractivity contribution is 5.80. The van der Waals surface area contributed by atoms with Crippen LogP contribution in [0.15, 0.2) is 30.3 Å². The Morgan fingerprint density at radius 1 is 1.13 bits per heavy atom. The topological polar surface area (TPSA) is 46.3 Å². The highest BCUT2D eigenvalue weighted by Gasteiger charge is 2.50. The van der Waals surface area contributed by atoms with Crippen molar-refractivity contribution in [2.45, 2.75) is 44.6 Å². The van der Waals surface area contributed by atoms with Crippen molar-refractivity contribution >= 4 is 5.91 Å². The van der Waals surface area contributed by atoms with E-state index in [-0.39, 0.29) is 12.0 Å². The average Bonchev–Trinajstić information content (AvgIpc) is 3.16. The van der Waals surface area contributed by atoms with E-state index in [4.69, 9.17) is 5.73 Å². The Labute approximate surface area is 139 Å². The molecule has 1 saturated heterocycles. The van der Waals surface area contributed by atoms with Crippen molar-refractivity contribution < 1.29 is 4.79 Å². The normalized spacial score (nSPS) is 39.7. The number of carbonyl (C=O) groups excluding carboxylic acids is 1. The predicted molar refractivity (Wildman–Crippen MR) is 91.8 cm³/mol. The molecule has 1 heterocycles. The van der Waals surface area contributed by atoms with E-state index in [1.54, 1.807) is 0 Å². The molecule has 2 bridgehead atoms. The first-order valence-electron chi connectivity index (χ1n) is 9.24. The molecule has 3 nitrogen and oxygen atoms in total. The lowest BCUT2D eigenvalue weighted by atomic mass is 9.79. The highest BCUT2D eigenvalue weighted by atomic mass is 16.2. The summed E-state index contributed by atoms with van der Waals surface area (Å²) in [5.74, 6) is 2.72. The number of rotatable bonds is 2. The third kappa shape index (κ3) is 2.59. The van der Waals surface area contributed by atoms with Crippen molar-refractivity contribution in [1.29, 1.82) is 0 Å². The summed E-state index contributed by atoms with van der Waals surface area (Å²) in [6.07, 6.45) is 4.72. The molecule has 1 aliphatic heterocycles. The SMILES string of the molecule is CC1CN(C(=O)C2C3CCC(C3)C2N)CCC1c1ccccc1. The molecule has 2 N–H and O–H groups in total. The van der Waals surface area contributed by atoms with Gasteiger partial charge in [0, 0.05) is 19.1 Å². The van der Waals surface area contributed by atoms with E-state index in [0.29, 0.717) is 29.6 Å². The summed E-state index contributed by atoms with van der Waals surface area (Å²) in [6, 6.07) is 10.9. The van der Waals surface area contributed by atoms with Crippen LogP contribution in [-0.2, 0) is 4.79 Å². The summed E-state index contributed by atoms with van der Waals surface area (Å²) in [5.41, 5.74) is 7.80. The third-order valence-electron chi connectivity index (χ3n) is 6.71. The van der Waals surface area contributed by atoms with Gasteiger partial charge in [0.1, 0.15) is 0 Å². The van der Waals surface area contributed by atoms with Gasteiger partial charge < -0.3 is 10.6 Å². The molecule has 124 valence electrons. The van der Waals surface area contributed by atoms with E-state index >= 15 is 0 Å². The summed E-state index contributed by atoms with van der Waals surface area (Å²) >= 11 is 0. The van der Waals surface area contributed by atoms with Gasteiger partial charge in [-0.15, -0.1) is 0 Å². The zero-order chi connectivity index (χ0) is 16.0. The number of likely N-dealkylation sites (tertiary alicyclic amines) is 1. The van der Waals surface area contributed by atoms with E-state index in [9.17, 15) is 4.79 Å². The molecule has 4 rings (SSSR count). The smallest absolute Gasteiger partial charge is 0.227 e. The van der Waals surface area contributed by atoms with Crippen molar-refractivity contribution in [1.82, 2.24) is 4.90 Å². The van der Waals surface area contributed by atoms with Gasteiger partial charge in [-0.05, 0) is 54.9 Å². The van der Waals surface area contributed by atoms with Gasteiger partial charge in [0.25, 0.3) is 0 Å². The van der Waals surface area contributed by atoms with Crippen LogP contribution in [-0.4, -0.2) is 29.9 Å². The molecule has 1 aromatic rings. The highest BCUT2D eigenvalue weighted by Crippen LogP contribution is 2.48. The van der Waals surface area contributed by atoms with Gasteiger partial charge in [-0.3, -0.25) is 4.79 Å². The molecule has 6 unspecified atom stereocenters. The summed E-state index contributed by atoms with van der Waals surface area (Å²) in [4.78, 5) is 15.2. The summed E-state index contributed by atoms with van der Waals surface area (Å²) in [7, 11) is 0. The summed E-state index contributed by atoms with van der Waals surface area (Å²) < 4.78 is 0. The van der Waals surface area contributed by atoms with Crippen LogP contribution in [0.5, 0.6) is 0 Å². The number of hydrogen-bond acceptors (Lipinski definition) is 2. The van der Waals surface area contributed by atoms with Crippen molar-refractivity contribution in [3.8, 4) is 0 Å². The lowest BCUT2D eigenvalue weighted by Crippen LogP contribution is -2.50. The van der Waals surface area contributed by atoms with Gasteiger partial charge in [-0.2, -0.15) is 0 Å². The molecule has 6 atom stereocenters. The van der Waals surface area contributed by atoms with Gasteiger partial charge >= 0.3 is 0 Å². The minimum atomic E-state index is 0.106. The summed E-state index contributed by atoms with van der Waals surface area (Å²) in [5, 5.41) is 0. The molecule has 3 aliphatic rings. The van der Waals surface area contributed by atoms with E-state index in [1.165, 1.54) is 24.8 Å². The molecule has 1 aromatic carbocycles. The van der Waals surface area contributed by atoms with E-state index in [2.05, 4.69) is 42.2 Å². The molecule has 0 aromatic heterocycles. The number of nitrogens with two attached hydrogens (primary N) is 1. The number of carbonyl (C=O) groups is 1. The van der Waals surface area contributed by atoms with Crippen LogP contribution in [0.2, 0.25) is 0 Å². The van der Waals surface area contributed by atoms with E-state index in [0.717, 1.165) is 19.5 Å². The molecule has 2 aliphatic carbocycles. The molecular formula is C20H28N2O. The molecule has 0 radical (unpaired) electrons. The van der Waals surface area contributed by atoms with Crippen molar-refractivity contribution in [3.05, 3.63) is 35.9 Å².